The predicted octanol–water partition coefficient (Wildman–Crippen LogP) is 5.44. The summed E-state index contributed by atoms with van der Waals surface area (Å²) in [5.41, 5.74) is 4.81. The van der Waals surface area contributed by atoms with Gasteiger partial charge in [-0.05, 0) is 66.8 Å². The van der Waals surface area contributed by atoms with E-state index in [1.54, 1.807) is 33.5 Å². The van der Waals surface area contributed by atoms with Crippen LogP contribution in [0, 0.1) is 0 Å². The number of dihydropyridines is 1. The molecule has 9 nitrogen and oxygen atoms in total. The maximum Gasteiger partial charge on any atom is 0.254 e. The standard InChI is InChI=1S/C33H32N2O7/c1-18-30(33(37)35-22-7-5-6-8-25(22)38-2)31(20-10-12-27-29(16-20)42-17-41-27)32-23(34-18)13-21(14-24(32)36)19-9-11-26(39-3)28(15-19)40-4/h5-12,15-16,21,31,34H,13-14,17H2,1-4H3,(H,35,37)/t21-,31-/m0/s1. The fourth-order valence-corrected chi connectivity index (χ4v) is 6.05. The molecule has 0 radical (unpaired) electrons. The van der Waals surface area contributed by atoms with E-state index in [4.69, 9.17) is 23.7 Å². The monoisotopic (exact) mass is 568 g/mol. The number of methoxy groups -OCH3 is 3. The minimum atomic E-state index is -0.607. The first-order valence-electron chi connectivity index (χ1n) is 13.7. The largest absolute Gasteiger partial charge is 0.495 e. The average molecular weight is 569 g/mol. The fourth-order valence-electron chi connectivity index (χ4n) is 6.05. The van der Waals surface area contributed by atoms with Crippen molar-refractivity contribution < 1.29 is 33.3 Å². The molecule has 2 atom stereocenters. The number of amides is 1. The zero-order chi connectivity index (χ0) is 29.4. The Morgan fingerprint density at radius 2 is 1.60 bits per heavy atom. The number of benzene rings is 3. The highest BCUT2D eigenvalue weighted by atomic mass is 16.7. The number of anilines is 1. The third kappa shape index (κ3) is 4.81. The maximum atomic E-state index is 14.1. The summed E-state index contributed by atoms with van der Waals surface area (Å²) >= 11 is 0. The zero-order valence-electron chi connectivity index (χ0n) is 23.9. The van der Waals surface area contributed by atoms with Crippen molar-refractivity contribution in [2.24, 2.45) is 0 Å². The lowest BCUT2D eigenvalue weighted by Gasteiger charge is -2.37. The summed E-state index contributed by atoms with van der Waals surface area (Å²) in [4.78, 5) is 28.0. The van der Waals surface area contributed by atoms with Crippen LogP contribution in [0.5, 0.6) is 28.7 Å². The molecule has 0 unspecified atom stereocenters. The molecule has 1 aliphatic carbocycles. The van der Waals surface area contributed by atoms with Crippen LogP contribution < -0.4 is 34.3 Å². The van der Waals surface area contributed by atoms with E-state index in [0.717, 1.165) is 16.8 Å². The molecular formula is C33H32N2O7. The van der Waals surface area contributed by atoms with Gasteiger partial charge in [0.2, 0.25) is 6.79 Å². The van der Waals surface area contributed by atoms with Crippen molar-refractivity contribution in [3.05, 3.63) is 94.3 Å². The van der Waals surface area contributed by atoms with Gasteiger partial charge in [0, 0.05) is 34.9 Å². The van der Waals surface area contributed by atoms with Gasteiger partial charge in [-0.2, -0.15) is 0 Å². The third-order valence-corrected chi connectivity index (χ3v) is 8.04. The molecule has 2 N–H and O–H groups in total. The van der Waals surface area contributed by atoms with Crippen LogP contribution in [-0.4, -0.2) is 39.8 Å². The van der Waals surface area contributed by atoms with Crippen LogP contribution in [-0.2, 0) is 9.59 Å². The van der Waals surface area contributed by atoms with Crippen molar-refractivity contribution in [3.8, 4) is 28.7 Å². The number of ether oxygens (including phenoxy) is 5. The number of hydrogen-bond donors (Lipinski definition) is 2. The molecule has 3 aromatic carbocycles. The number of Topliss-reactive ketones (excluding diaryl/α,β-unsaturated/α-hetero) is 1. The number of hydrogen-bond acceptors (Lipinski definition) is 8. The summed E-state index contributed by atoms with van der Waals surface area (Å²) in [6.45, 7) is 1.99. The van der Waals surface area contributed by atoms with Gasteiger partial charge < -0.3 is 34.3 Å². The fraction of sp³-hybridized carbons (Fsp3) is 0.273. The molecule has 0 spiro atoms. The van der Waals surface area contributed by atoms with E-state index in [1.807, 2.05) is 55.5 Å². The van der Waals surface area contributed by atoms with Crippen LogP contribution in [0.2, 0.25) is 0 Å². The Kier molecular flexibility index (Phi) is 7.24. The molecule has 2 aliphatic heterocycles. The lowest BCUT2D eigenvalue weighted by molar-refractivity contribution is -0.116. The SMILES string of the molecule is COc1ccccc1NC(=O)C1=C(C)NC2=C(C(=O)C[C@@H](c3ccc(OC)c(OC)c3)C2)[C@H]1c1ccc2c(c1)OCO2. The van der Waals surface area contributed by atoms with Gasteiger partial charge in [0.15, 0.2) is 28.8 Å². The zero-order valence-corrected chi connectivity index (χ0v) is 23.9. The van der Waals surface area contributed by atoms with Gasteiger partial charge in [0.25, 0.3) is 5.91 Å². The molecule has 0 saturated heterocycles. The van der Waals surface area contributed by atoms with Gasteiger partial charge in [0.05, 0.1) is 27.0 Å². The molecule has 3 aliphatic rings. The molecule has 42 heavy (non-hydrogen) atoms. The number of rotatable bonds is 7. The second kappa shape index (κ2) is 11.2. The second-order valence-electron chi connectivity index (χ2n) is 10.4. The Labute approximate surface area is 244 Å². The highest BCUT2D eigenvalue weighted by molar-refractivity contribution is 6.10. The van der Waals surface area contributed by atoms with Crippen LogP contribution in [0.15, 0.2) is 83.2 Å². The lowest BCUT2D eigenvalue weighted by atomic mass is 9.71. The van der Waals surface area contributed by atoms with Crippen molar-refractivity contribution in [3.63, 3.8) is 0 Å². The lowest BCUT2D eigenvalue weighted by Crippen LogP contribution is -2.37. The Morgan fingerprint density at radius 1 is 0.857 bits per heavy atom. The van der Waals surface area contributed by atoms with Crippen LogP contribution in [0.25, 0.3) is 0 Å². The number of para-hydroxylation sites is 2. The van der Waals surface area contributed by atoms with Crippen molar-refractivity contribution >= 4 is 17.4 Å². The van der Waals surface area contributed by atoms with E-state index >= 15 is 0 Å². The number of allylic oxidation sites excluding steroid dienone is 3. The van der Waals surface area contributed by atoms with E-state index in [1.165, 1.54) is 0 Å². The first kappa shape index (κ1) is 27.3. The van der Waals surface area contributed by atoms with E-state index in [2.05, 4.69) is 10.6 Å². The smallest absolute Gasteiger partial charge is 0.254 e. The van der Waals surface area contributed by atoms with Crippen LogP contribution in [0.4, 0.5) is 5.69 Å². The molecule has 0 aromatic heterocycles. The summed E-state index contributed by atoms with van der Waals surface area (Å²) in [7, 11) is 4.75. The number of fused-ring (bicyclic) bond motifs is 1. The molecule has 6 rings (SSSR count). The van der Waals surface area contributed by atoms with Gasteiger partial charge in [-0.25, -0.2) is 0 Å². The molecule has 0 saturated carbocycles. The summed E-state index contributed by atoms with van der Waals surface area (Å²) in [5.74, 6) is 1.97. The summed E-state index contributed by atoms with van der Waals surface area (Å²) in [6, 6.07) is 18.6. The number of nitrogens with one attached hydrogen (secondary N) is 2. The van der Waals surface area contributed by atoms with Gasteiger partial charge in [-0.1, -0.05) is 24.3 Å². The van der Waals surface area contributed by atoms with Crippen molar-refractivity contribution in [1.29, 1.82) is 0 Å². The normalized spacial score (nSPS) is 19.2. The predicted molar refractivity (Wildman–Crippen MR) is 156 cm³/mol. The van der Waals surface area contributed by atoms with E-state index in [0.29, 0.717) is 57.7 Å². The molecule has 3 aromatic rings. The first-order chi connectivity index (χ1) is 20.4. The van der Waals surface area contributed by atoms with Crippen molar-refractivity contribution in [2.75, 3.05) is 33.4 Å². The molecule has 216 valence electrons. The maximum absolute atomic E-state index is 14.1. The number of carbonyl (C=O) groups excluding carboxylic acids is 2. The van der Waals surface area contributed by atoms with Gasteiger partial charge in [-0.15, -0.1) is 0 Å². The summed E-state index contributed by atoms with van der Waals surface area (Å²) in [6.07, 6.45) is 0.883. The molecule has 1 amide bonds. The Hall–Kier alpha value is -4.92. The molecular weight excluding hydrogens is 536 g/mol. The van der Waals surface area contributed by atoms with Crippen LogP contribution >= 0.6 is 0 Å². The summed E-state index contributed by atoms with van der Waals surface area (Å²) < 4.78 is 27.6. The molecule has 2 heterocycles. The van der Waals surface area contributed by atoms with Gasteiger partial charge >= 0.3 is 0 Å². The van der Waals surface area contributed by atoms with Gasteiger partial charge in [-0.3, -0.25) is 9.59 Å². The Balaban J connectivity index is 1.41. The van der Waals surface area contributed by atoms with Crippen LogP contribution in [0.1, 0.15) is 42.7 Å². The third-order valence-electron chi connectivity index (χ3n) is 8.04. The van der Waals surface area contributed by atoms with Crippen LogP contribution in [0.3, 0.4) is 0 Å². The highest BCUT2D eigenvalue weighted by Crippen LogP contribution is 2.48. The minimum absolute atomic E-state index is 0.0266. The Morgan fingerprint density at radius 3 is 2.38 bits per heavy atom. The van der Waals surface area contributed by atoms with E-state index in [9.17, 15) is 9.59 Å². The topological polar surface area (TPSA) is 104 Å². The highest BCUT2D eigenvalue weighted by Gasteiger charge is 2.41. The number of carbonyl (C=O) groups is 2. The Bertz CT molecular complexity index is 1640. The second-order valence-corrected chi connectivity index (χ2v) is 10.4. The van der Waals surface area contributed by atoms with E-state index in [-0.39, 0.29) is 30.8 Å². The first-order valence-corrected chi connectivity index (χ1v) is 13.7. The van der Waals surface area contributed by atoms with Gasteiger partial charge in [0.1, 0.15) is 5.75 Å². The molecule has 9 heteroatoms. The van der Waals surface area contributed by atoms with Crippen molar-refractivity contribution in [1.82, 2.24) is 5.32 Å². The minimum Gasteiger partial charge on any atom is -0.495 e. The van der Waals surface area contributed by atoms with E-state index < -0.39 is 5.92 Å². The quantitative estimate of drug-likeness (QED) is 0.388. The summed E-state index contributed by atoms with van der Waals surface area (Å²) in [5, 5.41) is 6.44. The molecule has 0 fully saturated rings. The van der Waals surface area contributed by atoms with Crippen molar-refractivity contribution in [2.45, 2.75) is 31.6 Å². The molecule has 0 bridgehead atoms. The average Bonchev–Trinajstić information content (AvgIpc) is 3.48. The number of ketones is 1.